The summed E-state index contributed by atoms with van der Waals surface area (Å²) in [7, 11) is -0.432. The second kappa shape index (κ2) is 9.49. The molecule has 7 nitrogen and oxygen atoms in total. The molecule has 162 valence electrons. The first kappa shape index (κ1) is 22.1. The molecular weight excluding hydrogens is 404 g/mol. The summed E-state index contributed by atoms with van der Waals surface area (Å²) >= 11 is 0. The molecule has 2 aromatic rings. The van der Waals surface area contributed by atoms with E-state index >= 15 is 0 Å². The topological polar surface area (TPSA) is 76.1 Å². The second-order valence-corrected chi connectivity index (χ2v) is 9.09. The minimum atomic E-state index is -3.57. The van der Waals surface area contributed by atoms with Crippen molar-refractivity contribution in [2.75, 3.05) is 33.9 Å². The van der Waals surface area contributed by atoms with Crippen LogP contribution in [0.3, 0.4) is 0 Å². The molecule has 30 heavy (non-hydrogen) atoms. The van der Waals surface area contributed by atoms with Crippen LogP contribution in [0.4, 0.5) is 0 Å². The SMILES string of the molecule is CCN(Cc1ccc(OC)c(OC)c1)C(=O)c1cccc(S(=O)(=O)N2CCCC2)c1. The Labute approximate surface area is 178 Å². The maximum Gasteiger partial charge on any atom is 0.254 e. The first-order chi connectivity index (χ1) is 14.4. The van der Waals surface area contributed by atoms with Crippen LogP contribution in [0.1, 0.15) is 35.7 Å². The molecule has 1 aliphatic rings. The van der Waals surface area contributed by atoms with E-state index in [0.717, 1.165) is 18.4 Å². The summed E-state index contributed by atoms with van der Waals surface area (Å²) in [4.78, 5) is 15.0. The molecule has 0 N–H and O–H groups in total. The third kappa shape index (κ3) is 4.60. The fraction of sp³-hybridized carbons (Fsp3) is 0.409. The number of carbonyl (C=O) groups excluding carboxylic acids is 1. The minimum Gasteiger partial charge on any atom is -0.493 e. The summed E-state index contributed by atoms with van der Waals surface area (Å²) in [5.74, 6) is 0.999. The Balaban J connectivity index is 1.82. The van der Waals surface area contributed by atoms with Crippen LogP contribution in [0, 0.1) is 0 Å². The third-order valence-corrected chi connectivity index (χ3v) is 7.17. The predicted molar refractivity (Wildman–Crippen MR) is 114 cm³/mol. The van der Waals surface area contributed by atoms with Gasteiger partial charge in [-0.25, -0.2) is 8.42 Å². The molecule has 0 unspecified atom stereocenters. The molecule has 2 aromatic carbocycles. The lowest BCUT2D eigenvalue weighted by Gasteiger charge is -2.22. The van der Waals surface area contributed by atoms with Crippen LogP contribution < -0.4 is 9.47 Å². The summed E-state index contributed by atoms with van der Waals surface area (Å²) in [6.45, 7) is 3.81. The monoisotopic (exact) mass is 432 g/mol. The summed E-state index contributed by atoms with van der Waals surface area (Å²) in [5, 5.41) is 0. The van der Waals surface area contributed by atoms with Gasteiger partial charge in [-0.1, -0.05) is 12.1 Å². The molecule has 0 spiro atoms. The van der Waals surface area contributed by atoms with Crippen molar-refractivity contribution in [2.24, 2.45) is 0 Å². The van der Waals surface area contributed by atoms with Gasteiger partial charge in [0.1, 0.15) is 0 Å². The fourth-order valence-electron chi connectivity index (χ4n) is 3.58. The number of rotatable bonds is 8. The maximum atomic E-state index is 13.1. The van der Waals surface area contributed by atoms with Crippen LogP contribution in [0.5, 0.6) is 11.5 Å². The molecule has 1 fully saturated rings. The number of ether oxygens (including phenoxy) is 2. The zero-order valence-corrected chi connectivity index (χ0v) is 18.4. The molecule has 0 atom stereocenters. The molecule has 0 aromatic heterocycles. The van der Waals surface area contributed by atoms with Crippen LogP contribution in [0.25, 0.3) is 0 Å². The molecule has 0 aliphatic carbocycles. The number of methoxy groups -OCH3 is 2. The van der Waals surface area contributed by atoms with Crippen molar-refractivity contribution in [2.45, 2.75) is 31.2 Å². The Hall–Kier alpha value is -2.58. The van der Waals surface area contributed by atoms with Crippen molar-refractivity contribution in [1.29, 1.82) is 0 Å². The van der Waals surface area contributed by atoms with Crippen molar-refractivity contribution >= 4 is 15.9 Å². The molecule has 0 radical (unpaired) electrons. The standard InChI is InChI=1S/C22H28N2O5S/c1-4-23(16-17-10-11-20(28-2)21(14-17)29-3)22(25)18-8-7-9-19(15-18)30(26,27)24-12-5-6-13-24/h7-11,14-15H,4-6,12-13,16H2,1-3H3. The van der Waals surface area contributed by atoms with Crippen LogP contribution >= 0.6 is 0 Å². The van der Waals surface area contributed by atoms with Gasteiger partial charge in [0.15, 0.2) is 11.5 Å². The maximum absolute atomic E-state index is 13.1. The van der Waals surface area contributed by atoms with E-state index in [1.165, 1.54) is 10.4 Å². The van der Waals surface area contributed by atoms with E-state index in [2.05, 4.69) is 0 Å². The highest BCUT2D eigenvalue weighted by Crippen LogP contribution is 2.28. The lowest BCUT2D eigenvalue weighted by atomic mass is 10.1. The zero-order chi connectivity index (χ0) is 21.7. The predicted octanol–water partition coefficient (Wildman–Crippen LogP) is 3.15. The molecule has 0 saturated carbocycles. The number of benzene rings is 2. The van der Waals surface area contributed by atoms with Gasteiger partial charge in [-0.2, -0.15) is 4.31 Å². The van der Waals surface area contributed by atoms with Crippen molar-refractivity contribution in [3.8, 4) is 11.5 Å². The Bertz CT molecular complexity index is 1000. The number of carbonyl (C=O) groups is 1. The van der Waals surface area contributed by atoms with Gasteiger partial charge in [-0.05, 0) is 55.7 Å². The highest BCUT2D eigenvalue weighted by molar-refractivity contribution is 7.89. The Morgan fingerprint density at radius 1 is 1.03 bits per heavy atom. The summed E-state index contributed by atoms with van der Waals surface area (Å²) in [6, 6.07) is 11.8. The quantitative estimate of drug-likeness (QED) is 0.641. The van der Waals surface area contributed by atoms with E-state index in [4.69, 9.17) is 9.47 Å². The van der Waals surface area contributed by atoms with Gasteiger partial charge in [0, 0.05) is 31.7 Å². The van der Waals surface area contributed by atoms with Gasteiger partial charge >= 0.3 is 0 Å². The lowest BCUT2D eigenvalue weighted by Crippen LogP contribution is -2.31. The first-order valence-electron chi connectivity index (χ1n) is 10.0. The van der Waals surface area contributed by atoms with E-state index in [1.54, 1.807) is 43.4 Å². The molecule has 0 bridgehead atoms. The van der Waals surface area contributed by atoms with Crippen molar-refractivity contribution in [3.05, 3.63) is 53.6 Å². The lowest BCUT2D eigenvalue weighted by molar-refractivity contribution is 0.0752. The Kier molecular flexibility index (Phi) is 6.99. The first-order valence-corrected chi connectivity index (χ1v) is 11.4. The van der Waals surface area contributed by atoms with Gasteiger partial charge in [0.25, 0.3) is 5.91 Å². The fourth-order valence-corrected chi connectivity index (χ4v) is 5.14. The number of hydrogen-bond acceptors (Lipinski definition) is 5. The normalized spacial score (nSPS) is 14.5. The molecule has 1 aliphatic heterocycles. The number of hydrogen-bond donors (Lipinski definition) is 0. The van der Waals surface area contributed by atoms with E-state index in [-0.39, 0.29) is 10.8 Å². The van der Waals surface area contributed by atoms with Gasteiger partial charge in [0.2, 0.25) is 10.0 Å². The Morgan fingerprint density at radius 2 is 1.73 bits per heavy atom. The summed E-state index contributed by atoms with van der Waals surface area (Å²) in [5.41, 5.74) is 1.25. The molecule has 1 heterocycles. The van der Waals surface area contributed by atoms with E-state index in [0.29, 0.717) is 43.2 Å². The van der Waals surface area contributed by atoms with Crippen LogP contribution in [0.2, 0.25) is 0 Å². The van der Waals surface area contributed by atoms with Crippen LogP contribution in [-0.4, -0.2) is 57.4 Å². The zero-order valence-electron chi connectivity index (χ0n) is 17.6. The highest BCUT2D eigenvalue weighted by Gasteiger charge is 2.28. The van der Waals surface area contributed by atoms with Crippen molar-refractivity contribution < 1.29 is 22.7 Å². The van der Waals surface area contributed by atoms with E-state index in [9.17, 15) is 13.2 Å². The van der Waals surface area contributed by atoms with Crippen LogP contribution in [0.15, 0.2) is 47.4 Å². The van der Waals surface area contributed by atoms with Gasteiger partial charge in [0.05, 0.1) is 19.1 Å². The number of amides is 1. The van der Waals surface area contributed by atoms with E-state index in [1.807, 2.05) is 19.1 Å². The van der Waals surface area contributed by atoms with Gasteiger partial charge in [-0.3, -0.25) is 4.79 Å². The largest absolute Gasteiger partial charge is 0.493 e. The second-order valence-electron chi connectivity index (χ2n) is 7.15. The van der Waals surface area contributed by atoms with Crippen molar-refractivity contribution in [3.63, 3.8) is 0 Å². The molecule has 1 amide bonds. The van der Waals surface area contributed by atoms with Crippen molar-refractivity contribution in [1.82, 2.24) is 9.21 Å². The van der Waals surface area contributed by atoms with Crippen LogP contribution in [-0.2, 0) is 16.6 Å². The molecular formula is C22H28N2O5S. The smallest absolute Gasteiger partial charge is 0.254 e. The number of sulfonamides is 1. The average Bonchev–Trinajstić information content (AvgIpc) is 3.33. The number of nitrogens with zero attached hydrogens (tertiary/aromatic N) is 2. The molecule has 1 saturated heterocycles. The summed E-state index contributed by atoms with van der Waals surface area (Å²) < 4.78 is 37.8. The average molecular weight is 433 g/mol. The summed E-state index contributed by atoms with van der Waals surface area (Å²) in [6.07, 6.45) is 1.74. The highest BCUT2D eigenvalue weighted by atomic mass is 32.2. The Morgan fingerprint density at radius 3 is 2.37 bits per heavy atom. The van der Waals surface area contributed by atoms with Gasteiger partial charge in [-0.15, -0.1) is 0 Å². The minimum absolute atomic E-state index is 0.164. The van der Waals surface area contributed by atoms with E-state index < -0.39 is 10.0 Å². The molecule has 3 rings (SSSR count). The third-order valence-electron chi connectivity index (χ3n) is 5.27. The molecule has 8 heteroatoms. The van der Waals surface area contributed by atoms with Gasteiger partial charge < -0.3 is 14.4 Å².